The molecule has 31 heavy (non-hydrogen) atoms. The lowest BCUT2D eigenvalue weighted by atomic mass is 9.92. The topological polar surface area (TPSA) is 83.1 Å². The van der Waals surface area contributed by atoms with Gasteiger partial charge in [0, 0.05) is 41.8 Å². The molecule has 3 N–H and O–H groups in total. The number of allylic oxidation sites excluding steroid dienone is 6. The van der Waals surface area contributed by atoms with Gasteiger partial charge in [0.25, 0.3) is 5.91 Å². The van der Waals surface area contributed by atoms with E-state index in [-0.39, 0.29) is 17.9 Å². The van der Waals surface area contributed by atoms with Crippen molar-refractivity contribution in [1.29, 1.82) is 0 Å². The van der Waals surface area contributed by atoms with E-state index in [2.05, 4.69) is 34.8 Å². The van der Waals surface area contributed by atoms with Gasteiger partial charge in [-0.15, -0.1) is 0 Å². The van der Waals surface area contributed by atoms with Gasteiger partial charge < -0.3 is 16.0 Å². The minimum absolute atomic E-state index is 0.107. The Balaban J connectivity index is 1.78. The average Bonchev–Trinajstić information content (AvgIpc) is 2.96. The number of pyridine rings is 1. The molecule has 1 aromatic heterocycles. The van der Waals surface area contributed by atoms with Gasteiger partial charge in [0.1, 0.15) is 0 Å². The average molecular weight is 443 g/mol. The molecular formula is C24H31ClN4O2. The molecule has 0 saturated heterocycles. The van der Waals surface area contributed by atoms with E-state index in [0.717, 1.165) is 24.1 Å². The van der Waals surface area contributed by atoms with Crippen molar-refractivity contribution in [2.75, 3.05) is 13.1 Å². The maximum absolute atomic E-state index is 12.3. The first kappa shape index (κ1) is 24.4. The highest BCUT2D eigenvalue weighted by Gasteiger charge is 2.14. The summed E-state index contributed by atoms with van der Waals surface area (Å²) >= 11 is 5.98. The minimum atomic E-state index is -0.251. The van der Waals surface area contributed by atoms with E-state index < -0.39 is 0 Å². The number of nitrogens with zero attached hydrogens (tertiary/aromatic N) is 1. The van der Waals surface area contributed by atoms with Crippen LogP contribution in [0.2, 0.25) is 0 Å². The third-order valence-electron chi connectivity index (χ3n) is 5.05. The zero-order valence-corrected chi connectivity index (χ0v) is 19.1. The van der Waals surface area contributed by atoms with Crippen LogP contribution in [0.1, 0.15) is 44.0 Å². The molecule has 1 aliphatic carbocycles. The Bertz CT molecular complexity index is 873. The van der Waals surface area contributed by atoms with Crippen LogP contribution < -0.4 is 16.0 Å². The van der Waals surface area contributed by atoms with E-state index in [4.69, 9.17) is 11.6 Å². The Morgan fingerprint density at radius 2 is 1.90 bits per heavy atom. The van der Waals surface area contributed by atoms with E-state index in [1.807, 2.05) is 37.3 Å². The van der Waals surface area contributed by atoms with Crippen molar-refractivity contribution >= 4 is 23.5 Å². The van der Waals surface area contributed by atoms with Crippen LogP contribution in [0.3, 0.4) is 0 Å². The Kier molecular flexibility index (Phi) is 10.0. The van der Waals surface area contributed by atoms with Gasteiger partial charge in [-0.25, -0.2) is 4.79 Å². The van der Waals surface area contributed by atoms with E-state index in [9.17, 15) is 9.59 Å². The second-order valence-corrected chi connectivity index (χ2v) is 8.25. The van der Waals surface area contributed by atoms with Crippen LogP contribution in [-0.2, 0) is 0 Å². The number of halogens is 1. The number of amides is 3. The summed E-state index contributed by atoms with van der Waals surface area (Å²) in [5, 5.41) is 9.40. The lowest BCUT2D eigenvalue weighted by Crippen LogP contribution is -2.35. The second kappa shape index (κ2) is 12.7. The highest BCUT2D eigenvalue weighted by molar-refractivity contribution is 6.31. The molecule has 1 heterocycles. The first-order valence-corrected chi connectivity index (χ1v) is 10.9. The summed E-state index contributed by atoms with van der Waals surface area (Å²) in [4.78, 5) is 28.4. The zero-order chi connectivity index (χ0) is 22.6. The second-order valence-electron chi connectivity index (χ2n) is 7.82. The van der Waals surface area contributed by atoms with E-state index in [1.54, 1.807) is 24.5 Å². The number of rotatable bonds is 9. The van der Waals surface area contributed by atoms with Gasteiger partial charge in [0.05, 0.1) is 0 Å². The molecule has 1 unspecified atom stereocenters. The van der Waals surface area contributed by atoms with Gasteiger partial charge in [-0.05, 0) is 55.4 Å². The van der Waals surface area contributed by atoms with Crippen LogP contribution in [0.4, 0.5) is 4.79 Å². The first-order chi connectivity index (χ1) is 14.8. The molecule has 1 aliphatic rings. The highest BCUT2D eigenvalue weighted by Crippen LogP contribution is 2.16. The maximum Gasteiger partial charge on any atom is 0.319 e. The molecule has 166 valence electrons. The SMILES string of the molecule is C/C(=C\CC(CNC(=O)c1ccncc1)C(C)C)NC(=O)NCC1=CCC=C(Cl)C=C1. The Labute approximate surface area is 189 Å². The lowest BCUT2D eigenvalue weighted by Gasteiger charge is -2.20. The molecular weight excluding hydrogens is 412 g/mol. The molecule has 0 spiro atoms. The normalized spacial score (nSPS) is 14.9. The minimum Gasteiger partial charge on any atom is -0.352 e. The predicted octanol–water partition coefficient (Wildman–Crippen LogP) is 4.69. The van der Waals surface area contributed by atoms with Crippen molar-refractivity contribution in [3.05, 3.63) is 76.8 Å². The number of urea groups is 1. The zero-order valence-electron chi connectivity index (χ0n) is 18.3. The van der Waals surface area contributed by atoms with Crippen molar-refractivity contribution in [3.8, 4) is 0 Å². The third-order valence-corrected chi connectivity index (χ3v) is 5.33. The Morgan fingerprint density at radius 1 is 1.16 bits per heavy atom. The van der Waals surface area contributed by atoms with Crippen LogP contribution in [0.15, 0.2) is 71.2 Å². The summed E-state index contributed by atoms with van der Waals surface area (Å²) in [6.45, 7) is 7.11. The van der Waals surface area contributed by atoms with Crippen molar-refractivity contribution in [2.45, 2.75) is 33.6 Å². The molecule has 2 rings (SSSR count). The molecule has 1 atom stereocenters. The molecule has 0 bridgehead atoms. The molecule has 7 heteroatoms. The summed E-state index contributed by atoms with van der Waals surface area (Å²) in [6.07, 6.45) is 14.4. The fraction of sp³-hybridized carbons (Fsp3) is 0.375. The fourth-order valence-corrected chi connectivity index (χ4v) is 3.13. The number of carbonyl (C=O) groups is 2. The van der Waals surface area contributed by atoms with Crippen molar-refractivity contribution in [1.82, 2.24) is 20.9 Å². The van der Waals surface area contributed by atoms with Gasteiger partial charge in [-0.1, -0.05) is 49.8 Å². The summed E-state index contributed by atoms with van der Waals surface area (Å²) in [5.41, 5.74) is 2.38. The van der Waals surface area contributed by atoms with E-state index in [0.29, 0.717) is 29.6 Å². The molecule has 0 fully saturated rings. The molecule has 1 aromatic rings. The third kappa shape index (κ3) is 9.22. The lowest BCUT2D eigenvalue weighted by molar-refractivity contribution is 0.0943. The number of hydrogen-bond donors (Lipinski definition) is 3. The summed E-state index contributed by atoms with van der Waals surface area (Å²) < 4.78 is 0. The largest absolute Gasteiger partial charge is 0.352 e. The van der Waals surface area contributed by atoms with Crippen LogP contribution in [-0.4, -0.2) is 30.0 Å². The van der Waals surface area contributed by atoms with Crippen molar-refractivity contribution < 1.29 is 9.59 Å². The number of aromatic nitrogens is 1. The monoisotopic (exact) mass is 442 g/mol. The van der Waals surface area contributed by atoms with Crippen LogP contribution in [0, 0.1) is 11.8 Å². The molecule has 0 saturated carbocycles. The van der Waals surface area contributed by atoms with Crippen LogP contribution >= 0.6 is 11.6 Å². The van der Waals surface area contributed by atoms with E-state index in [1.165, 1.54) is 0 Å². The maximum atomic E-state index is 12.3. The first-order valence-electron chi connectivity index (χ1n) is 10.5. The van der Waals surface area contributed by atoms with Crippen LogP contribution in [0.25, 0.3) is 0 Å². The van der Waals surface area contributed by atoms with Crippen LogP contribution in [0.5, 0.6) is 0 Å². The van der Waals surface area contributed by atoms with Gasteiger partial charge in [0.15, 0.2) is 0 Å². The Morgan fingerprint density at radius 3 is 2.61 bits per heavy atom. The van der Waals surface area contributed by atoms with Gasteiger partial charge >= 0.3 is 6.03 Å². The molecule has 0 aromatic carbocycles. The number of carbonyl (C=O) groups excluding carboxylic acids is 2. The van der Waals surface area contributed by atoms with Crippen molar-refractivity contribution in [3.63, 3.8) is 0 Å². The Hall–Kier alpha value is -2.86. The smallest absolute Gasteiger partial charge is 0.319 e. The molecule has 0 radical (unpaired) electrons. The summed E-state index contributed by atoms with van der Waals surface area (Å²) in [7, 11) is 0. The summed E-state index contributed by atoms with van der Waals surface area (Å²) in [5.74, 6) is 0.527. The fourth-order valence-electron chi connectivity index (χ4n) is 2.98. The van der Waals surface area contributed by atoms with Gasteiger partial charge in [-0.2, -0.15) is 0 Å². The standard InChI is InChI=1S/C24H31ClN4O2/c1-17(2)21(16-27-23(30)20-11-13-26-14-12-20)9-7-18(3)29-24(31)28-15-19-5-4-6-22(25)10-8-19/h5-8,10-14,17,21H,4,9,15-16H2,1-3H3,(H,27,30)(H2,28,29,31)/b18-7+. The molecule has 0 aliphatic heterocycles. The van der Waals surface area contributed by atoms with Crippen molar-refractivity contribution in [2.24, 2.45) is 11.8 Å². The number of nitrogens with one attached hydrogen (secondary N) is 3. The quantitative estimate of drug-likeness (QED) is 0.519. The highest BCUT2D eigenvalue weighted by atomic mass is 35.5. The molecule has 6 nitrogen and oxygen atoms in total. The number of hydrogen-bond acceptors (Lipinski definition) is 3. The summed E-state index contributed by atoms with van der Waals surface area (Å²) in [6, 6.07) is 3.13. The molecule has 3 amide bonds. The van der Waals surface area contributed by atoms with Gasteiger partial charge in [0.2, 0.25) is 0 Å². The predicted molar refractivity (Wildman–Crippen MR) is 126 cm³/mol. The van der Waals surface area contributed by atoms with Gasteiger partial charge in [-0.3, -0.25) is 9.78 Å². The van der Waals surface area contributed by atoms with E-state index >= 15 is 0 Å².